The molecule has 2 rings (SSSR count). The minimum absolute atomic E-state index is 0.108. The van der Waals surface area contributed by atoms with Gasteiger partial charge in [0.2, 0.25) is 5.91 Å². The number of hydrogen-bond donors (Lipinski definition) is 1. The highest BCUT2D eigenvalue weighted by atomic mass is 35.5. The van der Waals surface area contributed by atoms with Gasteiger partial charge in [0.15, 0.2) is 0 Å². The van der Waals surface area contributed by atoms with E-state index in [0.717, 1.165) is 16.6 Å². The predicted molar refractivity (Wildman–Crippen MR) is 96.7 cm³/mol. The molecule has 0 unspecified atom stereocenters. The molecule has 0 bridgehead atoms. The Morgan fingerprint density at radius 3 is 2.42 bits per heavy atom. The average Bonchev–Trinajstić information content (AvgIpc) is 2.67. The Morgan fingerprint density at radius 1 is 1.33 bits per heavy atom. The zero-order valence-electron chi connectivity index (χ0n) is 15.1. The molecule has 24 heavy (non-hydrogen) atoms. The molecular weight excluding hydrogens is 326 g/mol. The zero-order chi connectivity index (χ0) is 18.1. The maximum Gasteiger partial charge on any atom is 0.492 e. The molecule has 130 valence electrons. The lowest BCUT2D eigenvalue weighted by Crippen LogP contribution is -2.41. The fraction of sp³-hybridized carbons (Fsp3) is 0.529. The van der Waals surface area contributed by atoms with E-state index in [2.05, 4.69) is 10.3 Å². The van der Waals surface area contributed by atoms with Crippen molar-refractivity contribution in [3.8, 4) is 0 Å². The second kappa shape index (κ2) is 6.86. The minimum atomic E-state index is -0.530. The Bertz CT molecular complexity index is 658. The number of carbonyl (C=O) groups excluding carboxylic acids is 1. The van der Waals surface area contributed by atoms with Gasteiger partial charge in [-0.1, -0.05) is 17.7 Å². The first-order chi connectivity index (χ1) is 11.0. The summed E-state index contributed by atoms with van der Waals surface area (Å²) in [7, 11) is -0.530. The molecule has 7 heteroatoms. The first kappa shape index (κ1) is 19.0. The van der Waals surface area contributed by atoms with E-state index < -0.39 is 18.3 Å². The fourth-order valence-corrected chi connectivity index (χ4v) is 2.40. The third kappa shape index (κ3) is 4.18. The summed E-state index contributed by atoms with van der Waals surface area (Å²) in [6.07, 6.45) is 3.61. The highest BCUT2D eigenvalue weighted by molar-refractivity contribution is 6.56. The third-order valence-corrected chi connectivity index (χ3v) is 4.88. The minimum Gasteiger partial charge on any atom is -0.400 e. The third-order valence-electron chi connectivity index (χ3n) is 4.49. The second-order valence-electron chi connectivity index (χ2n) is 7.09. The molecule has 0 aromatic carbocycles. The van der Waals surface area contributed by atoms with Gasteiger partial charge in [-0.15, -0.1) is 0 Å². The van der Waals surface area contributed by atoms with Gasteiger partial charge in [0.05, 0.1) is 11.2 Å². The van der Waals surface area contributed by atoms with Crippen molar-refractivity contribution in [2.45, 2.75) is 52.7 Å². The van der Waals surface area contributed by atoms with Crippen LogP contribution in [0.15, 0.2) is 17.7 Å². The van der Waals surface area contributed by atoms with E-state index in [1.165, 1.54) is 6.92 Å². The van der Waals surface area contributed by atoms with Crippen LogP contribution in [0.2, 0.25) is 5.15 Å². The lowest BCUT2D eigenvalue weighted by atomic mass is 9.77. The second-order valence-corrected chi connectivity index (χ2v) is 7.45. The van der Waals surface area contributed by atoms with Crippen molar-refractivity contribution >= 4 is 30.7 Å². The van der Waals surface area contributed by atoms with Gasteiger partial charge in [-0.05, 0) is 57.3 Å². The van der Waals surface area contributed by atoms with Crippen molar-refractivity contribution in [1.29, 1.82) is 0 Å². The molecule has 5 nitrogen and oxygen atoms in total. The van der Waals surface area contributed by atoms with Gasteiger partial charge in [0, 0.05) is 19.7 Å². The number of halogens is 1. The highest BCUT2D eigenvalue weighted by Crippen LogP contribution is 2.38. The topological polar surface area (TPSA) is 60.5 Å². The summed E-state index contributed by atoms with van der Waals surface area (Å²) < 4.78 is 12.2. The number of aromatic nitrogens is 1. The van der Waals surface area contributed by atoms with Gasteiger partial charge in [-0.25, -0.2) is 4.98 Å². The Labute approximate surface area is 148 Å². The number of hydrogen-bond acceptors (Lipinski definition) is 4. The molecule has 1 aromatic rings. The Kier molecular flexibility index (Phi) is 5.42. The molecule has 1 N–H and O–H groups in total. The molecule has 0 spiro atoms. The number of pyridine rings is 1. The molecule has 0 radical (unpaired) electrons. The lowest BCUT2D eigenvalue weighted by molar-refractivity contribution is -0.118. The smallest absolute Gasteiger partial charge is 0.400 e. The van der Waals surface area contributed by atoms with Crippen LogP contribution in [0.25, 0.3) is 6.08 Å². The molecule has 1 amide bonds. The van der Waals surface area contributed by atoms with E-state index in [1.807, 2.05) is 46.8 Å². The zero-order valence-corrected chi connectivity index (χ0v) is 15.8. The van der Waals surface area contributed by atoms with Gasteiger partial charge in [-0.2, -0.15) is 0 Å². The molecule has 1 fully saturated rings. The maximum absolute atomic E-state index is 11.3. The average molecular weight is 351 g/mol. The number of rotatable bonds is 4. The van der Waals surface area contributed by atoms with Crippen molar-refractivity contribution in [3.63, 3.8) is 0 Å². The van der Waals surface area contributed by atoms with Crippen LogP contribution in [-0.4, -0.2) is 35.8 Å². The summed E-state index contributed by atoms with van der Waals surface area (Å²) in [5, 5.41) is 3.29. The van der Waals surface area contributed by atoms with E-state index in [9.17, 15) is 4.79 Å². The SMILES string of the molecule is CC(=O)NCC(=Cc1cnc(Cl)c(C)c1)B1OC(C)(C)C(C)(C)O1. The number of amides is 1. The van der Waals surface area contributed by atoms with Gasteiger partial charge in [-0.3, -0.25) is 4.79 Å². The van der Waals surface area contributed by atoms with E-state index >= 15 is 0 Å². The quantitative estimate of drug-likeness (QED) is 0.669. The summed E-state index contributed by atoms with van der Waals surface area (Å²) in [5.41, 5.74) is 1.71. The van der Waals surface area contributed by atoms with Crippen LogP contribution in [0.3, 0.4) is 0 Å². The molecule has 1 saturated heterocycles. The van der Waals surface area contributed by atoms with E-state index in [-0.39, 0.29) is 5.91 Å². The van der Waals surface area contributed by atoms with Crippen molar-refractivity contribution in [1.82, 2.24) is 10.3 Å². The van der Waals surface area contributed by atoms with Crippen LogP contribution in [-0.2, 0) is 14.1 Å². The van der Waals surface area contributed by atoms with Gasteiger partial charge < -0.3 is 14.6 Å². The Hall–Kier alpha value is -1.37. The normalized spacial score (nSPS) is 19.5. The van der Waals surface area contributed by atoms with E-state index in [1.54, 1.807) is 6.20 Å². The van der Waals surface area contributed by atoms with Crippen LogP contribution < -0.4 is 5.32 Å². The van der Waals surface area contributed by atoms with Gasteiger partial charge >= 0.3 is 7.12 Å². The molecule has 0 aliphatic carbocycles. The van der Waals surface area contributed by atoms with Crippen LogP contribution in [0, 0.1) is 6.92 Å². The van der Waals surface area contributed by atoms with Gasteiger partial charge in [0.1, 0.15) is 5.15 Å². The standard InChI is InChI=1S/C17H24BClN2O3/c1-11-7-13(9-21-15(11)19)8-14(10-20-12(2)22)18-23-16(3,4)17(5,6)24-18/h7-9H,10H2,1-6H3,(H,20,22). The fourth-order valence-electron chi connectivity index (χ4n) is 2.30. The summed E-state index contributed by atoms with van der Waals surface area (Å²) in [4.78, 5) is 15.5. The van der Waals surface area contributed by atoms with E-state index in [4.69, 9.17) is 20.9 Å². The number of nitrogens with one attached hydrogen (secondary N) is 1. The first-order valence-electron chi connectivity index (χ1n) is 7.94. The number of carbonyl (C=O) groups is 1. The van der Waals surface area contributed by atoms with Crippen molar-refractivity contribution in [2.75, 3.05) is 6.54 Å². The largest absolute Gasteiger partial charge is 0.492 e. The van der Waals surface area contributed by atoms with Crippen LogP contribution in [0.1, 0.15) is 45.7 Å². The maximum atomic E-state index is 11.3. The van der Waals surface area contributed by atoms with Crippen LogP contribution in [0.4, 0.5) is 0 Å². The molecule has 1 aromatic heterocycles. The first-order valence-corrected chi connectivity index (χ1v) is 8.32. The van der Waals surface area contributed by atoms with Crippen LogP contribution >= 0.6 is 11.6 Å². The number of aryl methyl sites for hydroxylation is 1. The summed E-state index contributed by atoms with van der Waals surface area (Å²) in [6, 6.07) is 1.94. The number of nitrogens with zero attached hydrogens (tertiary/aromatic N) is 1. The molecule has 0 atom stereocenters. The summed E-state index contributed by atoms with van der Waals surface area (Å²) in [5.74, 6) is -0.108. The molecule has 2 heterocycles. The van der Waals surface area contributed by atoms with E-state index in [0.29, 0.717) is 11.7 Å². The lowest BCUT2D eigenvalue weighted by Gasteiger charge is -2.32. The molecule has 1 aliphatic rings. The summed E-state index contributed by atoms with van der Waals surface area (Å²) in [6.45, 7) is 11.7. The molecular formula is C17H24BClN2O3. The highest BCUT2D eigenvalue weighted by Gasteiger charge is 2.52. The monoisotopic (exact) mass is 350 g/mol. The molecule has 1 aliphatic heterocycles. The Morgan fingerprint density at radius 2 is 1.92 bits per heavy atom. The van der Waals surface area contributed by atoms with Crippen LogP contribution in [0.5, 0.6) is 0 Å². The van der Waals surface area contributed by atoms with Crippen molar-refractivity contribution < 1.29 is 14.1 Å². The molecule has 0 saturated carbocycles. The predicted octanol–water partition coefficient (Wildman–Crippen LogP) is 3.19. The van der Waals surface area contributed by atoms with Crippen molar-refractivity contribution in [3.05, 3.63) is 34.0 Å². The van der Waals surface area contributed by atoms with Gasteiger partial charge in [0.25, 0.3) is 0 Å². The summed E-state index contributed by atoms with van der Waals surface area (Å²) >= 11 is 5.98. The Balaban J connectivity index is 2.33. The van der Waals surface area contributed by atoms with Crippen molar-refractivity contribution in [2.24, 2.45) is 0 Å².